The molecule has 6 atom stereocenters. The topological polar surface area (TPSA) is 95.0 Å². The van der Waals surface area contributed by atoms with E-state index >= 15 is 4.79 Å². The average molecular weight is 769 g/mol. The minimum Gasteiger partial charge on any atom is -0.507 e. The van der Waals surface area contributed by atoms with Crippen LogP contribution in [0.1, 0.15) is 35.4 Å². The number of rotatable bonds is 4. The third kappa shape index (κ3) is 4.31. The number of halogens is 2. The van der Waals surface area contributed by atoms with E-state index in [2.05, 4.69) is 22.6 Å². The number of nitrogens with zero attached hydrogens (tertiary/aromatic N) is 2. The smallest absolute Gasteiger partial charge is 0.246 e. The number of aromatic hydroxyl groups is 1. The van der Waals surface area contributed by atoms with Crippen LogP contribution in [0.15, 0.2) is 109 Å². The molecule has 2 saturated heterocycles. The highest BCUT2D eigenvalue weighted by Crippen LogP contribution is 2.65. The zero-order valence-corrected chi connectivity index (χ0v) is 28.8. The largest absolute Gasteiger partial charge is 0.507 e. The second-order valence-corrected chi connectivity index (χ2v) is 14.8. The molecule has 2 heterocycles. The summed E-state index contributed by atoms with van der Waals surface area (Å²) < 4.78 is 0.982. The molecule has 2 aliphatic carbocycles. The Balaban J connectivity index is 1.36. The fraction of sp³-hybridized carbons (Fsp3) is 0.231. The van der Waals surface area contributed by atoms with E-state index in [0.717, 1.165) is 9.14 Å². The van der Waals surface area contributed by atoms with Crippen LogP contribution in [0.5, 0.6) is 5.75 Å². The number of anilines is 2. The molecule has 4 aliphatic rings. The Labute approximate surface area is 296 Å². The Bertz CT molecular complexity index is 2060. The lowest BCUT2D eigenvalue weighted by atomic mass is 9.49. The molecule has 1 saturated carbocycles. The zero-order chi connectivity index (χ0) is 33.5. The highest BCUT2D eigenvalue weighted by molar-refractivity contribution is 14.1. The number of fused-ring (bicyclic) bond motifs is 4. The minimum atomic E-state index is -1.44. The van der Waals surface area contributed by atoms with Crippen molar-refractivity contribution in [1.82, 2.24) is 0 Å². The monoisotopic (exact) mass is 768 g/mol. The maximum absolute atomic E-state index is 15.3. The Morgan fingerprint density at radius 3 is 2.25 bits per heavy atom. The summed E-state index contributed by atoms with van der Waals surface area (Å²) in [4.78, 5) is 61.0. The highest BCUT2D eigenvalue weighted by atomic mass is 127. The van der Waals surface area contributed by atoms with Crippen molar-refractivity contribution in [3.8, 4) is 5.75 Å². The van der Waals surface area contributed by atoms with Gasteiger partial charge in [-0.3, -0.25) is 24.1 Å². The van der Waals surface area contributed by atoms with E-state index in [0.29, 0.717) is 39.5 Å². The van der Waals surface area contributed by atoms with Crippen molar-refractivity contribution in [2.24, 2.45) is 23.7 Å². The lowest BCUT2D eigenvalue weighted by Gasteiger charge is -2.50. The van der Waals surface area contributed by atoms with Crippen LogP contribution < -0.4 is 9.80 Å². The second kappa shape index (κ2) is 11.4. The van der Waals surface area contributed by atoms with Gasteiger partial charge in [-0.25, -0.2) is 4.90 Å². The molecule has 8 rings (SSSR count). The molecule has 1 N–H and O–H groups in total. The molecule has 0 radical (unpaired) electrons. The van der Waals surface area contributed by atoms with Gasteiger partial charge in [0.15, 0.2) is 0 Å². The molecule has 4 amide bonds. The third-order valence-electron chi connectivity index (χ3n) is 10.8. The highest BCUT2D eigenvalue weighted by Gasteiger charge is 2.70. The summed E-state index contributed by atoms with van der Waals surface area (Å²) >= 11 is 8.57. The first-order valence-corrected chi connectivity index (χ1v) is 17.4. The molecule has 0 aromatic heterocycles. The lowest BCUT2D eigenvalue weighted by molar-refractivity contribution is -0.127. The number of carbonyl (C=O) groups is 4. The Morgan fingerprint density at radius 1 is 0.792 bits per heavy atom. The van der Waals surface area contributed by atoms with Gasteiger partial charge in [-0.15, -0.1) is 0 Å². The van der Waals surface area contributed by atoms with Crippen LogP contribution in [-0.4, -0.2) is 28.7 Å². The van der Waals surface area contributed by atoms with Crippen LogP contribution in [0, 0.1) is 34.2 Å². The molecule has 2 aliphatic heterocycles. The Hall–Kier alpha value is -4.28. The molecule has 3 fully saturated rings. The van der Waals surface area contributed by atoms with Gasteiger partial charge >= 0.3 is 0 Å². The summed E-state index contributed by atoms with van der Waals surface area (Å²) in [5.74, 6) is -4.85. The number of carbonyl (C=O) groups excluding carboxylic acids is 4. The van der Waals surface area contributed by atoms with Gasteiger partial charge < -0.3 is 5.11 Å². The van der Waals surface area contributed by atoms with Gasteiger partial charge in [0.05, 0.1) is 34.5 Å². The molecule has 7 nitrogen and oxygen atoms in total. The number of allylic oxidation sites excluding steroid dienone is 2. The molecule has 9 heteroatoms. The Morgan fingerprint density at radius 2 is 1.52 bits per heavy atom. The first kappa shape index (κ1) is 31.0. The summed E-state index contributed by atoms with van der Waals surface area (Å²) in [7, 11) is 0. The van der Waals surface area contributed by atoms with Crippen molar-refractivity contribution < 1.29 is 24.3 Å². The normalized spacial score (nSPS) is 27.9. The number of amides is 4. The Kier molecular flexibility index (Phi) is 7.37. The summed E-state index contributed by atoms with van der Waals surface area (Å²) in [5, 5.41) is 12.1. The number of imide groups is 2. The summed E-state index contributed by atoms with van der Waals surface area (Å²) in [6.45, 7) is 1.80. The van der Waals surface area contributed by atoms with Crippen molar-refractivity contribution in [1.29, 1.82) is 0 Å². The molecule has 0 unspecified atom stereocenters. The van der Waals surface area contributed by atoms with E-state index in [4.69, 9.17) is 11.6 Å². The fourth-order valence-corrected chi connectivity index (χ4v) is 9.39. The molecule has 4 aromatic carbocycles. The van der Waals surface area contributed by atoms with Gasteiger partial charge in [-0.1, -0.05) is 77.8 Å². The molecule has 48 heavy (non-hydrogen) atoms. The van der Waals surface area contributed by atoms with E-state index in [9.17, 15) is 19.5 Å². The molecule has 240 valence electrons. The number of phenolic OH excluding ortho intramolecular Hbond substituents is 1. The van der Waals surface area contributed by atoms with Crippen LogP contribution in [0.3, 0.4) is 0 Å². The van der Waals surface area contributed by atoms with E-state index in [-0.39, 0.29) is 24.0 Å². The van der Waals surface area contributed by atoms with E-state index < -0.39 is 46.8 Å². The van der Waals surface area contributed by atoms with Crippen molar-refractivity contribution in [3.05, 3.63) is 134 Å². The number of phenols is 1. The quantitative estimate of drug-likeness (QED) is 0.133. The second-order valence-electron chi connectivity index (χ2n) is 13.1. The van der Waals surface area contributed by atoms with Gasteiger partial charge in [-0.05, 0) is 102 Å². The van der Waals surface area contributed by atoms with E-state index in [1.807, 2.05) is 60.7 Å². The van der Waals surface area contributed by atoms with Gasteiger partial charge in [0.25, 0.3) is 0 Å². The maximum atomic E-state index is 15.3. The van der Waals surface area contributed by atoms with Crippen LogP contribution in [0.4, 0.5) is 11.4 Å². The number of hydrogen-bond donors (Lipinski definition) is 1. The van der Waals surface area contributed by atoms with Crippen LogP contribution in [0.25, 0.3) is 0 Å². The summed E-state index contributed by atoms with van der Waals surface area (Å²) in [6, 6.07) is 28.7. The van der Waals surface area contributed by atoms with Gasteiger partial charge in [-0.2, -0.15) is 0 Å². The molecule has 0 bridgehead atoms. The molecular formula is C39H30ClIN2O5. The first-order valence-electron chi connectivity index (χ1n) is 16.0. The molecule has 4 aromatic rings. The third-order valence-corrected chi connectivity index (χ3v) is 11.8. The van der Waals surface area contributed by atoms with Crippen molar-refractivity contribution in [2.45, 2.75) is 31.1 Å². The van der Waals surface area contributed by atoms with Crippen molar-refractivity contribution in [3.63, 3.8) is 0 Å². The van der Waals surface area contributed by atoms with Crippen LogP contribution in [0.2, 0.25) is 5.02 Å². The fourth-order valence-electron chi connectivity index (χ4n) is 8.85. The maximum Gasteiger partial charge on any atom is 0.246 e. The van der Waals surface area contributed by atoms with Gasteiger partial charge in [0.1, 0.15) is 5.75 Å². The van der Waals surface area contributed by atoms with Crippen LogP contribution in [-0.2, 0) is 24.6 Å². The number of aryl methyl sites for hydroxylation is 1. The standard InChI is InChI=1S/C39H30ClIN2O5/c1-21-7-5-12-29(34(21)44)33-27-17-18-28-32(37(47)42(35(28)45)25-15-13-24(41)14-16-25)30(27)20-31-36(46)43(26-11-6-10-23(40)19-26)38(48)39(31,33)22-8-3-2-4-9-22/h2-17,19,28,30-33,44H,18,20H2,1H3/t28-,30+,31-,32-,33+,39+/m0/s1. The summed E-state index contributed by atoms with van der Waals surface area (Å²) in [5.41, 5.74) is 2.03. The van der Waals surface area contributed by atoms with Gasteiger partial charge in [0, 0.05) is 20.1 Å². The number of para-hydroxylation sites is 1. The van der Waals surface area contributed by atoms with Gasteiger partial charge in [0.2, 0.25) is 23.6 Å². The first-order chi connectivity index (χ1) is 23.1. The number of hydrogen-bond acceptors (Lipinski definition) is 5. The SMILES string of the molecule is Cc1cccc([C@H]2C3=CC[C@@H]4C(=O)N(c5ccc(I)cc5)C(=O)[C@@H]4[C@@H]3C[C@H]3C(=O)N(c4cccc(Cl)c4)C(=O)[C@@]23c2ccccc2)c1O. The number of benzene rings is 4. The average Bonchev–Trinajstić information content (AvgIpc) is 3.47. The van der Waals surface area contributed by atoms with Crippen molar-refractivity contribution >= 4 is 69.2 Å². The zero-order valence-electron chi connectivity index (χ0n) is 25.8. The molecular weight excluding hydrogens is 739 g/mol. The summed E-state index contributed by atoms with van der Waals surface area (Å²) in [6.07, 6.45) is 2.49. The predicted octanol–water partition coefficient (Wildman–Crippen LogP) is 7.33. The lowest BCUT2D eigenvalue weighted by Crippen LogP contribution is -2.53. The van der Waals surface area contributed by atoms with Crippen molar-refractivity contribution in [2.75, 3.05) is 9.80 Å². The predicted molar refractivity (Wildman–Crippen MR) is 191 cm³/mol. The van der Waals surface area contributed by atoms with E-state index in [1.54, 1.807) is 49.4 Å². The minimum absolute atomic E-state index is 0.0380. The van der Waals surface area contributed by atoms with E-state index in [1.165, 1.54) is 9.80 Å². The van der Waals surface area contributed by atoms with Crippen LogP contribution >= 0.6 is 34.2 Å². The molecule has 0 spiro atoms.